The third-order valence-corrected chi connectivity index (χ3v) is 6.07. The summed E-state index contributed by atoms with van der Waals surface area (Å²) in [6, 6.07) is 6.84. The monoisotopic (exact) mass is 363 g/mol. The molecule has 0 aliphatic carbocycles. The fourth-order valence-electron chi connectivity index (χ4n) is 4.25. The van der Waals surface area contributed by atoms with E-state index in [9.17, 15) is 4.79 Å². The maximum absolute atomic E-state index is 12.3. The van der Waals surface area contributed by atoms with Gasteiger partial charge in [0, 0.05) is 35.3 Å². The number of aromatic nitrogens is 2. The number of aromatic amines is 1. The fourth-order valence-corrected chi connectivity index (χ4v) is 4.25. The van der Waals surface area contributed by atoms with Gasteiger partial charge in [0.2, 0.25) is 0 Å². The second-order valence-electron chi connectivity index (χ2n) is 8.39. The number of H-pyrrole nitrogens is 1. The minimum Gasteiger partial charge on any atom is -0.354 e. The standard InChI is InChI=1S/C23H29N3O/c1-13(2)21-18-9-16(8-17-10-24-11-17)6-7-20(18)25-22(21)19-12-26(5)23(27)15(4)14(19)3/h6-7,9,12-13,17,24-25H,8,10-11H2,1-5H3. The molecule has 1 aromatic carbocycles. The Bertz CT molecular complexity index is 1070. The summed E-state index contributed by atoms with van der Waals surface area (Å²) in [6.45, 7) is 10.7. The fraction of sp³-hybridized carbons (Fsp3) is 0.435. The van der Waals surface area contributed by atoms with Crippen LogP contribution in [-0.2, 0) is 13.5 Å². The molecule has 1 fully saturated rings. The zero-order chi connectivity index (χ0) is 19.3. The molecule has 0 unspecified atom stereocenters. The number of pyridine rings is 1. The van der Waals surface area contributed by atoms with Gasteiger partial charge in [-0.25, -0.2) is 0 Å². The third kappa shape index (κ3) is 3.02. The highest BCUT2D eigenvalue weighted by molar-refractivity contribution is 5.92. The highest BCUT2D eigenvalue weighted by atomic mass is 16.1. The molecule has 0 radical (unpaired) electrons. The van der Waals surface area contributed by atoms with E-state index < -0.39 is 0 Å². The highest BCUT2D eigenvalue weighted by Gasteiger charge is 2.21. The maximum Gasteiger partial charge on any atom is 0.253 e. The normalized spacial score (nSPS) is 14.9. The van der Waals surface area contributed by atoms with Crippen molar-refractivity contribution >= 4 is 10.9 Å². The van der Waals surface area contributed by atoms with E-state index in [1.54, 1.807) is 4.57 Å². The molecule has 1 aliphatic heterocycles. The molecule has 0 bridgehead atoms. The van der Waals surface area contributed by atoms with Gasteiger partial charge < -0.3 is 14.9 Å². The number of benzene rings is 1. The van der Waals surface area contributed by atoms with E-state index in [1.165, 1.54) is 22.0 Å². The first kappa shape index (κ1) is 18.1. The SMILES string of the molecule is Cc1c(-c2[nH]c3ccc(CC4CNC4)cc3c2C(C)C)cn(C)c(=O)c1C. The Kier molecular flexibility index (Phi) is 4.47. The topological polar surface area (TPSA) is 49.8 Å². The van der Waals surface area contributed by atoms with Gasteiger partial charge in [0.1, 0.15) is 0 Å². The number of rotatable bonds is 4. The summed E-state index contributed by atoms with van der Waals surface area (Å²) in [6.07, 6.45) is 3.11. The zero-order valence-corrected chi connectivity index (χ0v) is 16.9. The largest absolute Gasteiger partial charge is 0.354 e. The Balaban J connectivity index is 1.90. The van der Waals surface area contributed by atoms with Crippen LogP contribution < -0.4 is 10.9 Å². The summed E-state index contributed by atoms with van der Waals surface area (Å²) in [5.74, 6) is 1.16. The van der Waals surface area contributed by atoms with E-state index in [2.05, 4.69) is 49.3 Å². The molecular formula is C23H29N3O. The van der Waals surface area contributed by atoms with Gasteiger partial charge in [-0.15, -0.1) is 0 Å². The van der Waals surface area contributed by atoms with Crippen LogP contribution in [-0.4, -0.2) is 22.6 Å². The highest BCUT2D eigenvalue weighted by Crippen LogP contribution is 2.37. The van der Waals surface area contributed by atoms with Gasteiger partial charge in [-0.2, -0.15) is 0 Å². The molecule has 2 aromatic heterocycles. The van der Waals surface area contributed by atoms with Crippen LogP contribution in [0.2, 0.25) is 0 Å². The van der Waals surface area contributed by atoms with Gasteiger partial charge in [-0.05, 0) is 74.0 Å². The molecule has 3 heterocycles. The van der Waals surface area contributed by atoms with Gasteiger partial charge in [0.25, 0.3) is 5.56 Å². The van der Waals surface area contributed by atoms with E-state index in [-0.39, 0.29) is 5.56 Å². The van der Waals surface area contributed by atoms with Crippen LogP contribution in [0.4, 0.5) is 0 Å². The second-order valence-corrected chi connectivity index (χ2v) is 8.39. The number of hydrogen-bond acceptors (Lipinski definition) is 2. The van der Waals surface area contributed by atoms with Gasteiger partial charge in [-0.3, -0.25) is 4.79 Å². The van der Waals surface area contributed by atoms with Crippen molar-refractivity contribution in [3.05, 3.63) is 57.0 Å². The molecule has 0 amide bonds. The number of aryl methyl sites for hydroxylation is 1. The van der Waals surface area contributed by atoms with Crippen molar-refractivity contribution < 1.29 is 0 Å². The molecular weight excluding hydrogens is 334 g/mol. The molecule has 0 spiro atoms. The van der Waals surface area contributed by atoms with Crippen LogP contribution in [0.1, 0.15) is 42.0 Å². The average molecular weight is 364 g/mol. The van der Waals surface area contributed by atoms with E-state index in [4.69, 9.17) is 0 Å². The summed E-state index contributed by atoms with van der Waals surface area (Å²) in [7, 11) is 1.83. The van der Waals surface area contributed by atoms with Gasteiger partial charge >= 0.3 is 0 Å². The lowest BCUT2D eigenvalue weighted by Crippen LogP contribution is -2.43. The van der Waals surface area contributed by atoms with Crippen molar-refractivity contribution in [3.63, 3.8) is 0 Å². The van der Waals surface area contributed by atoms with Gasteiger partial charge in [-0.1, -0.05) is 19.9 Å². The molecule has 4 heteroatoms. The predicted octanol–water partition coefficient (Wildman–Crippen LogP) is 4.04. The first-order valence-electron chi connectivity index (χ1n) is 9.89. The lowest BCUT2D eigenvalue weighted by atomic mass is 9.91. The quantitative estimate of drug-likeness (QED) is 0.735. The van der Waals surface area contributed by atoms with Crippen LogP contribution >= 0.6 is 0 Å². The minimum absolute atomic E-state index is 0.0786. The Morgan fingerprint density at radius 3 is 2.56 bits per heavy atom. The van der Waals surface area contributed by atoms with E-state index >= 15 is 0 Å². The Morgan fingerprint density at radius 2 is 1.93 bits per heavy atom. The lowest BCUT2D eigenvalue weighted by Gasteiger charge is -2.27. The van der Waals surface area contributed by atoms with Crippen molar-refractivity contribution in [2.45, 2.75) is 40.0 Å². The second kappa shape index (κ2) is 6.68. The van der Waals surface area contributed by atoms with Crippen molar-refractivity contribution in [2.24, 2.45) is 13.0 Å². The van der Waals surface area contributed by atoms with Crippen molar-refractivity contribution in [1.82, 2.24) is 14.9 Å². The maximum atomic E-state index is 12.3. The molecule has 4 nitrogen and oxygen atoms in total. The molecule has 4 rings (SSSR count). The Morgan fingerprint density at radius 1 is 1.19 bits per heavy atom. The van der Waals surface area contributed by atoms with Crippen molar-refractivity contribution in [1.29, 1.82) is 0 Å². The van der Waals surface area contributed by atoms with E-state index in [0.29, 0.717) is 5.92 Å². The van der Waals surface area contributed by atoms with Gasteiger partial charge in [0.15, 0.2) is 0 Å². The van der Waals surface area contributed by atoms with Crippen LogP contribution in [0.5, 0.6) is 0 Å². The van der Waals surface area contributed by atoms with Crippen LogP contribution in [0.25, 0.3) is 22.2 Å². The van der Waals surface area contributed by atoms with Gasteiger partial charge in [0.05, 0.1) is 5.69 Å². The zero-order valence-electron chi connectivity index (χ0n) is 16.9. The molecule has 142 valence electrons. The van der Waals surface area contributed by atoms with Crippen molar-refractivity contribution in [3.8, 4) is 11.3 Å². The van der Waals surface area contributed by atoms with Crippen LogP contribution in [0.15, 0.2) is 29.2 Å². The molecule has 3 aromatic rings. The smallest absolute Gasteiger partial charge is 0.253 e. The molecule has 2 N–H and O–H groups in total. The molecule has 1 saturated heterocycles. The molecule has 27 heavy (non-hydrogen) atoms. The Labute approximate surface area is 160 Å². The summed E-state index contributed by atoms with van der Waals surface area (Å²) >= 11 is 0. The van der Waals surface area contributed by atoms with Crippen molar-refractivity contribution in [2.75, 3.05) is 13.1 Å². The first-order valence-corrected chi connectivity index (χ1v) is 9.89. The first-order chi connectivity index (χ1) is 12.9. The number of nitrogens with one attached hydrogen (secondary N) is 2. The number of hydrogen-bond donors (Lipinski definition) is 2. The van der Waals surface area contributed by atoms with Crippen LogP contribution in [0.3, 0.4) is 0 Å². The number of fused-ring (bicyclic) bond motifs is 1. The lowest BCUT2D eigenvalue weighted by molar-refractivity contribution is 0.346. The molecule has 0 saturated carbocycles. The molecule has 1 aliphatic rings. The third-order valence-electron chi connectivity index (χ3n) is 6.07. The average Bonchev–Trinajstić information content (AvgIpc) is 2.98. The number of nitrogens with zero attached hydrogens (tertiary/aromatic N) is 1. The molecule has 0 atom stereocenters. The minimum atomic E-state index is 0.0786. The Hall–Kier alpha value is -2.33. The summed E-state index contributed by atoms with van der Waals surface area (Å²) < 4.78 is 1.70. The summed E-state index contributed by atoms with van der Waals surface area (Å²) in [5, 5.41) is 4.68. The van der Waals surface area contributed by atoms with Crippen LogP contribution in [0, 0.1) is 19.8 Å². The summed E-state index contributed by atoms with van der Waals surface area (Å²) in [5.41, 5.74) is 8.17. The summed E-state index contributed by atoms with van der Waals surface area (Å²) in [4.78, 5) is 16.0. The predicted molar refractivity (Wildman–Crippen MR) is 113 cm³/mol. The van der Waals surface area contributed by atoms with E-state index in [1.807, 2.05) is 20.2 Å². The van der Waals surface area contributed by atoms with E-state index in [0.717, 1.165) is 47.8 Å².